The Morgan fingerprint density at radius 1 is 1.32 bits per heavy atom. The van der Waals surface area contributed by atoms with Gasteiger partial charge in [-0.2, -0.15) is 0 Å². The summed E-state index contributed by atoms with van der Waals surface area (Å²) in [5.74, 6) is 1.37. The fourth-order valence-electron chi connectivity index (χ4n) is 2.53. The molecule has 1 amide bonds. The first-order valence-electron chi connectivity index (χ1n) is 8.60. The Morgan fingerprint density at radius 3 is 2.76 bits per heavy atom. The number of carbonyl (C=O) groups excluding carboxylic acids is 1. The maximum Gasteiger partial charge on any atom is 0.241 e. The summed E-state index contributed by atoms with van der Waals surface area (Å²) in [5, 5.41) is 6.27. The fourth-order valence-corrected chi connectivity index (χ4v) is 2.53. The van der Waals surface area contributed by atoms with Crippen LogP contribution in [0.25, 0.3) is 0 Å². The largest absolute Gasteiger partial charge is 0.478 e. The fraction of sp³-hybridized carbons (Fsp3) is 0.588. The van der Waals surface area contributed by atoms with E-state index in [0.29, 0.717) is 25.0 Å². The Bertz CT molecular complexity index is 562. The highest BCUT2D eigenvalue weighted by Gasteiger charge is 2.17. The Kier molecular flexibility index (Phi) is 10.2. The molecule has 25 heavy (non-hydrogen) atoms. The quantitative estimate of drug-likeness (QED) is 0.368. The van der Waals surface area contributed by atoms with Crippen LogP contribution in [0.2, 0.25) is 0 Å². The minimum absolute atomic E-state index is 0. The molecule has 2 heterocycles. The molecule has 140 valence electrons. The molecule has 2 rings (SSSR count). The molecule has 1 saturated heterocycles. The smallest absolute Gasteiger partial charge is 0.241 e. The van der Waals surface area contributed by atoms with Crippen LogP contribution in [0.3, 0.4) is 0 Å². The Balaban J connectivity index is 0.00000312. The van der Waals surface area contributed by atoms with Gasteiger partial charge in [-0.3, -0.25) is 4.79 Å². The van der Waals surface area contributed by atoms with Gasteiger partial charge >= 0.3 is 0 Å². The predicted molar refractivity (Wildman–Crippen MR) is 109 cm³/mol. The van der Waals surface area contributed by atoms with E-state index in [1.54, 1.807) is 6.20 Å². The van der Waals surface area contributed by atoms with Crippen LogP contribution < -0.4 is 15.4 Å². The number of halogens is 1. The lowest BCUT2D eigenvalue weighted by Gasteiger charge is -2.17. The van der Waals surface area contributed by atoms with Gasteiger partial charge in [0.25, 0.3) is 0 Å². The highest BCUT2D eigenvalue weighted by atomic mass is 127. The average Bonchev–Trinajstić information content (AvgIpc) is 3.12. The van der Waals surface area contributed by atoms with Crippen molar-refractivity contribution in [3.63, 3.8) is 0 Å². The average molecular weight is 461 g/mol. The molecule has 0 spiro atoms. The van der Waals surface area contributed by atoms with Gasteiger partial charge in [-0.05, 0) is 38.3 Å². The van der Waals surface area contributed by atoms with Gasteiger partial charge in [0.05, 0.1) is 19.7 Å². The second kappa shape index (κ2) is 11.9. The van der Waals surface area contributed by atoms with Crippen molar-refractivity contribution in [3.8, 4) is 5.88 Å². The van der Waals surface area contributed by atoms with Crippen LogP contribution in [0.1, 0.15) is 32.3 Å². The number of aliphatic imine (C=N–C) groups is 1. The summed E-state index contributed by atoms with van der Waals surface area (Å²) in [4.78, 5) is 22.7. The highest BCUT2D eigenvalue weighted by Crippen LogP contribution is 2.10. The van der Waals surface area contributed by atoms with Crippen LogP contribution in [0.5, 0.6) is 5.88 Å². The molecule has 0 atom stereocenters. The second-order valence-corrected chi connectivity index (χ2v) is 5.57. The monoisotopic (exact) mass is 461 g/mol. The number of hydrogen-bond donors (Lipinski definition) is 2. The number of nitrogens with one attached hydrogen (secondary N) is 2. The number of carbonyl (C=O) groups is 1. The first-order valence-corrected chi connectivity index (χ1v) is 8.60. The Morgan fingerprint density at radius 2 is 2.08 bits per heavy atom. The molecule has 0 bridgehead atoms. The number of nitrogens with zero attached hydrogens (tertiary/aromatic N) is 3. The van der Waals surface area contributed by atoms with E-state index in [-0.39, 0.29) is 36.4 Å². The number of guanidine groups is 1. The van der Waals surface area contributed by atoms with Crippen LogP contribution in [-0.4, -0.2) is 54.5 Å². The van der Waals surface area contributed by atoms with Crippen LogP contribution in [-0.2, 0) is 11.3 Å². The molecule has 7 nitrogen and oxygen atoms in total. The highest BCUT2D eigenvalue weighted by molar-refractivity contribution is 14.0. The summed E-state index contributed by atoms with van der Waals surface area (Å²) in [5.41, 5.74) is 1.01. The van der Waals surface area contributed by atoms with Crippen molar-refractivity contribution in [2.45, 2.75) is 33.2 Å². The predicted octanol–water partition coefficient (Wildman–Crippen LogP) is 1.78. The van der Waals surface area contributed by atoms with Crippen molar-refractivity contribution >= 4 is 35.8 Å². The Hall–Kier alpha value is -1.58. The molecule has 0 aromatic carbocycles. The number of hydrogen-bond acceptors (Lipinski definition) is 4. The van der Waals surface area contributed by atoms with E-state index in [1.165, 1.54) is 0 Å². The van der Waals surface area contributed by atoms with Crippen molar-refractivity contribution in [3.05, 3.63) is 23.9 Å². The number of aromatic nitrogens is 1. The summed E-state index contributed by atoms with van der Waals surface area (Å²) < 4.78 is 5.40. The molecular formula is C17H28IN5O2. The molecule has 8 heteroatoms. The number of ether oxygens (including phenoxy) is 1. The van der Waals surface area contributed by atoms with E-state index in [2.05, 4.69) is 20.6 Å². The minimum Gasteiger partial charge on any atom is -0.478 e. The van der Waals surface area contributed by atoms with Gasteiger partial charge in [0, 0.05) is 31.9 Å². The zero-order valence-corrected chi connectivity index (χ0v) is 17.3. The normalized spacial score (nSPS) is 14.0. The summed E-state index contributed by atoms with van der Waals surface area (Å²) in [6, 6.07) is 3.79. The standard InChI is InChI=1S/C17H27N5O2.HI/c1-3-18-17(21-13-16(23)22-9-5-6-10-22)20-12-14-7-8-19-15(11-14)24-4-2;/h7-8,11H,3-6,9-10,12-13H2,1-2H3,(H2,18,20,21);1H. The zero-order valence-electron chi connectivity index (χ0n) is 15.0. The van der Waals surface area contributed by atoms with Gasteiger partial charge < -0.3 is 20.3 Å². The summed E-state index contributed by atoms with van der Waals surface area (Å²) in [6.07, 6.45) is 3.92. The SMILES string of the molecule is CCNC(=NCc1ccnc(OCC)c1)NCC(=O)N1CCCC1.I. The van der Waals surface area contributed by atoms with E-state index in [9.17, 15) is 4.79 Å². The van der Waals surface area contributed by atoms with Crippen molar-refractivity contribution in [1.29, 1.82) is 0 Å². The molecule has 1 fully saturated rings. The molecular weight excluding hydrogens is 433 g/mol. The summed E-state index contributed by atoms with van der Waals surface area (Å²) >= 11 is 0. The van der Waals surface area contributed by atoms with E-state index in [4.69, 9.17) is 4.74 Å². The maximum absolute atomic E-state index is 12.1. The van der Waals surface area contributed by atoms with Crippen molar-refractivity contribution in [2.24, 2.45) is 4.99 Å². The maximum atomic E-state index is 12.1. The molecule has 0 unspecified atom stereocenters. The number of pyridine rings is 1. The lowest BCUT2D eigenvalue weighted by Crippen LogP contribution is -2.44. The van der Waals surface area contributed by atoms with Crippen LogP contribution >= 0.6 is 24.0 Å². The third-order valence-electron chi connectivity index (χ3n) is 3.72. The van der Waals surface area contributed by atoms with Crippen LogP contribution in [0.15, 0.2) is 23.3 Å². The van der Waals surface area contributed by atoms with Crippen LogP contribution in [0.4, 0.5) is 0 Å². The molecule has 1 aromatic heterocycles. The molecule has 2 N–H and O–H groups in total. The number of amides is 1. The van der Waals surface area contributed by atoms with Crippen LogP contribution in [0, 0.1) is 0 Å². The van der Waals surface area contributed by atoms with Gasteiger partial charge in [0.2, 0.25) is 11.8 Å². The molecule has 1 aliphatic rings. The molecule has 0 radical (unpaired) electrons. The second-order valence-electron chi connectivity index (χ2n) is 5.57. The van der Waals surface area contributed by atoms with E-state index >= 15 is 0 Å². The van der Waals surface area contributed by atoms with Gasteiger partial charge in [-0.25, -0.2) is 9.98 Å². The zero-order chi connectivity index (χ0) is 17.2. The first kappa shape index (κ1) is 21.5. The molecule has 1 aromatic rings. The summed E-state index contributed by atoms with van der Waals surface area (Å²) in [7, 11) is 0. The number of rotatable bonds is 7. The van der Waals surface area contributed by atoms with Crippen molar-refractivity contribution < 1.29 is 9.53 Å². The Labute approximate surface area is 166 Å². The van der Waals surface area contributed by atoms with Crippen molar-refractivity contribution in [2.75, 3.05) is 32.8 Å². The molecule has 0 aliphatic carbocycles. The van der Waals surface area contributed by atoms with Crippen molar-refractivity contribution in [1.82, 2.24) is 20.5 Å². The van der Waals surface area contributed by atoms with Gasteiger partial charge in [0.15, 0.2) is 5.96 Å². The molecule has 0 saturated carbocycles. The summed E-state index contributed by atoms with van der Waals surface area (Å²) in [6.45, 7) is 7.75. The van der Waals surface area contributed by atoms with Gasteiger partial charge in [0.1, 0.15) is 0 Å². The third kappa shape index (κ3) is 7.45. The minimum atomic E-state index is 0. The third-order valence-corrected chi connectivity index (χ3v) is 3.72. The van der Waals surface area contributed by atoms with E-state index in [1.807, 2.05) is 30.9 Å². The van der Waals surface area contributed by atoms with Gasteiger partial charge in [-0.1, -0.05) is 0 Å². The molecule has 1 aliphatic heterocycles. The topological polar surface area (TPSA) is 78.9 Å². The van der Waals surface area contributed by atoms with E-state index in [0.717, 1.165) is 38.0 Å². The lowest BCUT2D eigenvalue weighted by atomic mass is 10.3. The first-order chi connectivity index (χ1) is 11.7. The van der Waals surface area contributed by atoms with Gasteiger partial charge in [-0.15, -0.1) is 24.0 Å². The lowest BCUT2D eigenvalue weighted by molar-refractivity contribution is -0.128. The number of likely N-dealkylation sites (tertiary alicyclic amines) is 1. The van der Waals surface area contributed by atoms with E-state index < -0.39 is 0 Å².